The predicted octanol–water partition coefficient (Wildman–Crippen LogP) is 2.00. The molecule has 0 aliphatic heterocycles. The first-order chi connectivity index (χ1) is 8.19. The number of aromatic hydroxyl groups is 1. The molecule has 2 N–H and O–H groups in total. The van der Waals surface area contributed by atoms with Crippen molar-refractivity contribution in [2.75, 3.05) is 18.9 Å². The van der Waals surface area contributed by atoms with Crippen LogP contribution in [-0.4, -0.2) is 30.2 Å². The molecule has 1 aliphatic carbocycles. The summed E-state index contributed by atoms with van der Waals surface area (Å²) in [5.41, 5.74) is 2.36. The van der Waals surface area contributed by atoms with Gasteiger partial charge in [0.1, 0.15) is 5.75 Å². The van der Waals surface area contributed by atoms with E-state index in [4.69, 9.17) is 0 Å². The van der Waals surface area contributed by atoms with Crippen LogP contribution in [0.2, 0.25) is 0 Å². The van der Waals surface area contributed by atoms with Crippen LogP contribution in [0.3, 0.4) is 0 Å². The molecule has 2 rings (SSSR count). The Bertz CT molecular complexity index is 530. The molecule has 4 nitrogen and oxygen atoms in total. The number of aliphatic imine (C=N–C) groups is 1. The Morgan fingerprint density at radius 2 is 2.06 bits per heavy atom. The molecule has 4 heteroatoms. The lowest BCUT2D eigenvalue weighted by Crippen LogP contribution is -2.15. The second kappa shape index (κ2) is 4.41. The molecule has 1 aromatic carbocycles. The first-order valence-corrected chi connectivity index (χ1v) is 5.48. The third-order valence-corrected chi connectivity index (χ3v) is 2.69. The van der Waals surface area contributed by atoms with E-state index < -0.39 is 0 Å². The number of allylic oxidation sites excluding steroid dienone is 2. The number of carbonyl (C=O) groups excluding carboxylic acids is 1. The number of nitrogens with zero attached hydrogens (tertiary/aromatic N) is 1. The van der Waals surface area contributed by atoms with E-state index in [2.05, 4.69) is 10.3 Å². The highest BCUT2D eigenvalue weighted by Crippen LogP contribution is 2.32. The van der Waals surface area contributed by atoms with E-state index in [9.17, 15) is 9.90 Å². The largest absolute Gasteiger partial charge is 0.507 e. The Morgan fingerprint density at radius 3 is 2.71 bits per heavy atom. The fourth-order valence-electron chi connectivity index (χ4n) is 1.95. The molecule has 0 atom stereocenters. The van der Waals surface area contributed by atoms with Crippen LogP contribution < -0.4 is 5.32 Å². The lowest BCUT2D eigenvalue weighted by atomic mass is 9.91. The molecule has 0 radical (unpaired) electrons. The lowest BCUT2D eigenvalue weighted by Gasteiger charge is -2.17. The second-order valence-corrected chi connectivity index (χ2v) is 3.72. The number of carbonyl (C=O) groups is 1. The molecule has 0 aromatic heterocycles. The van der Waals surface area contributed by atoms with Gasteiger partial charge in [0.15, 0.2) is 5.78 Å². The highest BCUT2D eigenvalue weighted by molar-refractivity contribution is 6.27. The number of anilines is 1. The van der Waals surface area contributed by atoms with Gasteiger partial charge in [0.05, 0.1) is 16.8 Å². The Kier molecular flexibility index (Phi) is 2.95. The highest BCUT2D eigenvalue weighted by atomic mass is 16.3. The standard InChI is InChI=1S/C13H14N2O2/c1-3-15-9-5-7-10(16)12-8(14-2)4-6-11(17)13(9)12/h4-7,15-16H,3H2,1-2H3. The molecule has 1 aromatic rings. The average Bonchev–Trinajstić information content (AvgIpc) is 2.33. The number of fused-ring (bicyclic) bond motifs is 1. The minimum atomic E-state index is -0.112. The maximum atomic E-state index is 11.9. The van der Waals surface area contributed by atoms with Gasteiger partial charge in [-0.1, -0.05) is 0 Å². The van der Waals surface area contributed by atoms with Crippen LogP contribution in [-0.2, 0) is 0 Å². The van der Waals surface area contributed by atoms with Crippen molar-refractivity contribution in [3.8, 4) is 5.75 Å². The highest BCUT2D eigenvalue weighted by Gasteiger charge is 2.23. The van der Waals surface area contributed by atoms with Gasteiger partial charge in [0.2, 0.25) is 0 Å². The van der Waals surface area contributed by atoms with Crippen molar-refractivity contribution in [2.45, 2.75) is 6.92 Å². The maximum absolute atomic E-state index is 11.9. The molecule has 0 saturated heterocycles. The van der Waals surface area contributed by atoms with Crippen LogP contribution in [0, 0.1) is 0 Å². The third-order valence-electron chi connectivity index (χ3n) is 2.69. The molecular weight excluding hydrogens is 216 g/mol. The van der Waals surface area contributed by atoms with Crippen molar-refractivity contribution in [1.82, 2.24) is 0 Å². The van der Waals surface area contributed by atoms with Crippen LogP contribution in [0.25, 0.3) is 0 Å². The molecule has 0 fully saturated rings. The SMILES string of the molecule is CCNc1ccc(O)c2c1C(=O)C=CC2=NC. The minimum absolute atomic E-state index is 0.0833. The van der Waals surface area contributed by atoms with E-state index in [1.807, 2.05) is 6.92 Å². The second-order valence-electron chi connectivity index (χ2n) is 3.72. The first-order valence-electron chi connectivity index (χ1n) is 5.48. The number of ketones is 1. The monoisotopic (exact) mass is 230 g/mol. The number of hydrogen-bond donors (Lipinski definition) is 2. The third kappa shape index (κ3) is 1.82. The van der Waals surface area contributed by atoms with Crippen molar-refractivity contribution >= 4 is 17.2 Å². The summed E-state index contributed by atoms with van der Waals surface area (Å²) in [4.78, 5) is 16.0. The molecule has 0 amide bonds. The van der Waals surface area contributed by atoms with Crippen molar-refractivity contribution < 1.29 is 9.90 Å². The van der Waals surface area contributed by atoms with Crippen LogP contribution in [0.1, 0.15) is 22.8 Å². The van der Waals surface area contributed by atoms with Gasteiger partial charge in [0, 0.05) is 19.3 Å². The summed E-state index contributed by atoms with van der Waals surface area (Å²) in [5, 5.41) is 13.0. The van der Waals surface area contributed by atoms with Crippen LogP contribution in [0.15, 0.2) is 29.3 Å². The Labute approximate surface area is 99.7 Å². The van der Waals surface area contributed by atoms with E-state index in [-0.39, 0.29) is 11.5 Å². The van der Waals surface area contributed by atoms with Gasteiger partial charge in [-0.25, -0.2) is 0 Å². The molecule has 88 valence electrons. The van der Waals surface area contributed by atoms with Crippen LogP contribution in [0.5, 0.6) is 5.75 Å². The number of phenols is 1. The zero-order valence-electron chi connectivity index (χ0n) is 9.82. The molecule has 0 bridgehead atoms. The topological polar surface area (TPSA) is 61.7 Å². The Hall–Kier alpha value is -2.10. The summed E-state index contributed by atoms with van der Waals surface area (Å²) >= 11 is 0. The number of hydrogen-bond acceptors (Lipinski definition) is 4. The van der Waals surface area contributed by atoms with Gasteiger partial charge in [0.25, 0.3) is 0 Å². The average molecular weight is 230 g/mol. The Morgan fingerprint density at radius 1 is 1.29 bits per heavy atom. The van der Waals surface area contributed by atoms with Crippen LogP contribution in [0.4, 0.5) is 5.69 Å². The fraction of sp³-hybridized carbons (Fsp3) is 0.231. The van der Waals surface area contributed by atoms with Gasteiger partial charge in [-0.2, -0.15) is 0 Å². The van der Waals surface area contributed by atoms with Crippen molar-refractivity contribution in [2.24, 2.45) is 4.99 Å². The summed E-state index contributed by atoms with van der Waals surface area (Å²) in [6, 6.07) is 3.29. The van der Waals surface area contributed by atoms with E-state index >= 15 is 0 Å². The molecule has 1 aliphatic rings. The molecular formula is C13H14N2O2. The normalized spacial score (nSPS) is 16.1. The predicted molar refractivity (Wildman–Crippen MR) is 68.2 cm³/mol. The van der Waals surface area contributed by atoms with Crippen molar-refractivity contribution in [3.63, 3.8) is 0 Å². The van der Waals surface area contributed by atoms with E-state index in [0.717, 1.165) is 5.69 Å². The van der Waals surface area contributed by atoms with Gasteiger partial charge in [-0.05, 0) is 31.2 Å². The van der Waals surface area contributed by atoms with Gasteiger partial charge in [-0.15, -0.1) is 0 Å². The fourth-order valence-corrected chi connectivity index (χ4v) is 1.95. The lowest BCUT2D eigenvalue weighted by molar-refractivity contribution is 0.104. The van der Waals surface area contributed by atoms with Crippen molar-refractivity contribution in [3.05, 3.63) is 35.4 Å². The van der Waals surface area contributed by atoms with E-state index in [1.54, 1.807) is 25.3 Å². The summed E-state index contributed by atoms with van der Waals surface area (Å²) < 4.78 is 0. The van der Waals surface area contributed by atoms with Gasteiger partial charge in [-0.3, -0.25) is 9.79 Å². The number of benzene rings is 1. The molecule has 17 heavy (non-hydrogen) atoms. The van der Waals surface area contributed by atoms with Crippen molar-refractivity contribution in [1.29, 1.82) is 0 Å². The van der Waals surface area contributed by atoms with E-state index in [1.165, 1.54) is 6.08 Å². The number of nitrogens with one attached hydrogen (secondary N) is 1. The zero-order chi connectivity index (χ0) is 12.4. The number of phenolic OH excluding ortho intramolecular Hbond substituents is 1. The molecule has 0 spiro atoms. The van der Waals surface area contributed by atoms with Gasteiger partial charge >= 0.3 is 0 Å². The van der Waals surface area contributed by atoms with Crippen LogP contribution >= 0.6 is 0 Å². The summed E-state index contributed by atoms with van der Waals surface area (Å²) in [6.45, 7) is 2.67. The maximum Gasteiger partial charge on any atom is 0.188 e. The summed E-state index contributed by atoms with van der Waals surface area (Å²) in [6.07, 6.45) is 3.10. The molecule has 0 unspecified atom stereocenters. The zero-order valence-corrected chi connectivity index (χ0v) is 9.82. The summed E-state index contributed by atoms with van der Waals surface area (Å²) in [7, 11) is 1.64. The molecule has 0 heterocycles. The summed E-state index contributed by atoms with van der Waals surface area (Å²) in [5.74, 6) is -0.0285. The molecule has 0 saturated carbocycles. The number of rotatable bonds is 2. The van der Waals surface area contributed by atoms with E-state index in [0.29, 0.717) is 23.4 Å². The Balaban J connectivity index is 2.71. The smallest absolute Gasteiger partial charge is 0.188 e. The quantitative estimate of drug-likeness (QED) is 0.764. The van der Waals surface area contributed by atoms with Gasteiger partial charge < -0.3 is 10.4 Å². The first kappa shape index (κ1) is 11.4. The minimum Gasteiger partial charge on any atom is -0.507 e.